The van der Waals surface area contributed by atoms with Gasteiger partial charge in [-0.15, -0.1) is 0 Å². The highest BCUT2D eigenvalue weighted by atomic mass is 16.5. The van der Waals surface area contributed by atoms with Crippen molar-refractivity contribution in [3.05, 3.63) is 35.9 Å². The first-order valence-electron chi connectivity index (χ1n) is 7.54. The maximum Gasteiger partial charge on any atom is 0.359 e. The van der Waals surface area contributed by atoms with Gasteiger partial charge in [-0.3, -0.25) is 9.78 Å². The molecule has 2 aromatic rings. The minimum Gasteiger partial charge on any atom is -0.493 e. The van der Waals surface area contributed by atoms with Crippen LogP contribution in [0, 0.1) is 6.92 Å². The van der Waals surface area contributed by atoms with Crippen LogP contribution in [0.1, 0.15) is 16.2 Å². The maximum absolute atomic E-state index is 12.0. The second-order valence-electron chi connectivity index (χ2n) is 5.08. The summed E-state index contributed by atoms with van der Waals surface area (Å²) in [5.41, 5.74) is 1.09. The first-order chi connectivity index (χ1) is 12.5. The lowest BCUT2D eigenvalue weighted by Crippen LogP contribution is -2.21. The number of aryl methyl sites for hydroxylation is 1. The van der Waals surface area contributed by atoms with Crippen molar-refractivity contribution in [2.75, 3.05) is 33.3 Å². The number of carbonyl (C=O) groups excluding carboxylic acids is 2. The smallest absolute Gasteiger partial charge is 0.359 e. The molecule has 0 saturated heterocycles. The Balaban J connectivity index is 2.01. The van der Waals surface area contributed by atoms with E-state index >= 15 is 0 Å². The molecule has 138 valence electrons. The van der Waals surface area contributed by atoms with E-state index in [9.17, 15) is 9.59 Å². The number of aromatic nitrogens is 2. The van der Waals surface area contributed by atoms with Gasteiger partial charge < -0.3 is 24.3 Å². The van der Waals surface area contributed by atoms with E-state index in [0.29, 0.717) is 28.6 Å². The molecule has 0 spiro atoms. The molecule has 1 aromatic heterocycles. The highest BCUT2D eigenvalue weighted by Gasteiger charge is 2.16. The number of amides is 1. The zero-order valence-corrected chi connectivity index (χ0v) is 14.9. The van der Waals surface area contributed by atoms with Crippen LogP contribution in [0.25, 0.3) is 0 Å². The predicted molar refractivity (Wildman–Crippen MR) is 91.8 cm³/mol. The number of hydrogen-bond donors (Lipinski definition) is 1. The summed E-state index contributed by atoms with van der Waals surface area (Å²) in [7, 11) is 4.41. The topological polar surface area (TPSA) is 109 Å². The van der Waals surface area contributed by atoms with Crippen molar-refractivity contribution in [3.8, 4) is 17.2 Å². The molecule has 1 N–H and O–H groups in total. The fourth-order valence-electron chi connectivity index (χ4n) is 2.05. The van der Waals surface area contributed by atoms with Crippen molar-refractivity contribution in [3.63, 3.8) is 0 Å². The number of methoxy groups -OCH3 is 3. The van der Waals surface area contributed by atoms with Crippen LogP contribution >= 0.6 is 0 Å². The highest BCUT2D eigenvalue weighted by Crippen LogP contribution is 2.39. The number of carbonyl (C=O) groups is 2. The number of nitrogens with zero attached hydrogens (tertiary/aromatic N) is 2. The van der Waals surface area contributed by atoms with E-state index in [0.717, 1.165) is 0 Å². The van der Waals surface area contributed by atoms with Crippen LogP contribution < -0.4 is 19.5 Å². The van der Waals surface area contributed by atoms with E-state index < -0.39 is 18.5 Å². The van der Waals surface area contributed by atoms with E-state index in [1.54, 1.807) is 19.1 Å². The van der Waals surface area contributed by atoms with E-state index in [2.05, 4.69) is 15.3 Å². The monoisotopic (exact) mass is 361 g/mol. The maximum atomic E-state index is 12.0. The lowest BCUT2D eigenvalue weighted by Gasteiger charge is -2.14. The van der Waals surface area contributed by atoms with Crippen molar-refractivity contribution in [2.45, 2.75) is 6.92 Å². The van der Waals surface area contributed by atoms with E-state index in [1.807, 2.05) is 0 Å². The van der Waals surface area contributed by atoms with Gasteiger partial charge in [0.15, 0.2) is 23.8 Å². The molecule has 9 heteroatoms. The van der Waals surface area contributed by atoms with Gasteiger partial charge in [0.05, 0.1) is 33.2 Å². The second-order valence-corrected chi connectivity index (χ2v) is 5.08. The third kappa shape index (κ3) is 4.59. The predicted octanol–water partition coefficient (Wildman–Crippen LogP) is 1.61. The molecule has 0 bridgehead atoms. The van der Waals surface area contributed by atoms with Gasteiger partial charge in [0.2, 0.25) is 5.75 Å². The first-order valence-corrected chi connectivity index (χ1v) is 7.54. The van der Waals surface area contributed by atoms with E-state index in [4.69, 9.17) is 18.9 Å². The van der Waals surface area contributed by atoms with Crippen LogP contribution in [-0.4, -0.2) is 49.8 Å². The zero-order chi connectivity index (χ0) is 19.1. The fourth-order valence-corrected chi connectivity index (χ4v) is 2.05. The van der Waals surface area contributed by atoms with Crippen molar-refractivity contribution >= 4 is 17.6 Å². The summed E-state index contributed by atoms with van der Waals surface area (Å²) in [6, 6.07) is 3.12. The summed E-state index contributed by atoms with van der Waals surface area (Å²) in [5, 5.41) is 2.59. The van der Waals surface area contributed by atoms with Gasteiger partial charge in [0, 0.05) is 24.0 Å². The Bertz CT molecular complexity index is 767. The molecule has 0 atom stereocenters. The molecule has 0 aliphatic carbocycles. The molecule has 0 aliphatic heterocycles. The molecule has 2 rings (SSSR count). The van der Waals surface area contributed by atoms with Crippen molar-refractivity contribution in [1.29, 1.82) is 0 Å². The third-order valence-corrected chi connectivity index (χ3v) is 3.27. The molecule has 1 amide bonds. The van der Waals surface area contributed by atoms with E-state index in [-0.39, 0.29) is 5.69 Å². The molecule has 0 fully saturated rings. The number of nitrogens with one attached hydrogen (secondary N) is 1. The lowest BCUT2D eigenvalue weighted by molar-refractivity contribution is -0.119. The van der Waals surface area contributed by atoms with Gasteiger partial charge in [-0.25, -0.2) is 9.78 Å². The quantitative estimate of drug-likeness (QED) is 0.741. The Kier molecular flexibility index (Phi) is 6.31. The number of rotatable bonds is 7. The minimum atomic E-state index is -0.738. The van der Waals surface area contributed by atoms with Crippen molar-refractivity contribution in [2.24, 2.45) is 0 Å². The summed E-state index contributed by atoms with van der Waals surface area (Å²) in [4.78, 5) is 31.7. The van der Waals surface area contributed by atoms with Crippen LogP contribution in [-0.2, 0) is 9.53 Å². The largest absolute Gasteiger partial charge is 0.493 e. The van der Waals surface area contributed by atoms with Crippen molar-refractivity contribution < 1.29 is 28.5 Å². The summed E-state index contributed by atoms with van der Waals surface area (Å²) in [5.74, 6) is -0.106. The second kappa shape index (κ2) is 8.65. The summed E-state index contributed by atoms with van der Waals surface area (Å²) >= 11 is 0. The summed E-state index contributed by atoms with van der Waals surface area (Å²) in [6.45, 7) is 1.26. The summed E-state index contributed by atoms with van der Waals surface area (Å²) in [6.07, 6.45) is 2.72. The Morgan fingerprint density at radius 1 is 1.00 bits per heavy atom. The van der Waals surface area contributed by atoms with Gasteiger partial charge in [-0.2, -0.15) is 0 Å². The van der Waals surface area contributed by atoms with E-state index in [1.165, 1.54) is 33.7 Å². The molecule has 0 radical (unpaired) electrons. The SMILES string of the molecule is COc1cc(NC(=O)COC(=O)c2cnc(C)cn2)cc(OC)c1OC. The Hall–Kier alpha value is -3.36. The Morgan fingerprint density at radius 3 is 2.15 bits per heavy atom. The molecule has 1 aromatic carbocycles. The average molecular weight is 361 g/mol. The van der Waals surface area contributed by atoms with Crippen LogP contribution in [0.15, 0.2) is 24.5 Å². The van der Waals surface area contributed by atoms with Gasteiger partial charge in [0.25, 0.3) is 5.91 Å². The molecule has 0 saturated carbocycles. The van der Waals surface area contributed by atoms with Gasteiger partial charge in [-0.1, -0.05) is 0 Å². The van der Waals surface area contributed by atoms with Crippen LogP contribution in [0.4, 0.5) is 5.69 Å². The van der Waals surface area contributed by atoms with Crippen LogP contribution in [0.2, 0.25) is 0 Å². The Labute approximate surface area is 150 Å². The van der Waals surface area contributed by atoms with Crippen LogP contribution in [0.5, 0.6) is 17.2 Å². The fraction of sp³-hybridized carbons (Fsp3) is 0.294. The highest BCUT2D eigenvalue weighted by molar-refractivity contribution is 5.95. The molecular weight excluding hydrogens is 342 g/mol. The first kappa shape index (κ1) is 19.0. The molecule has 9 nitrogen and oxygen atoms in total. The number of ether oxygens (including phenoxy) is 4. The van der Waals surface area contributed by atoms with Crippen molar-refractivity contribution in [1.82, 2.24) is 9.97 Å². The number of benzene rings is 1. The number of anilines is 1. The molecule has 1 heterocycles. The Morgan fingerprint density at radius 2 is 1.65 bits per heavy atom. The normalized spacial score (nSPS) is 10.0. The third-order valence-electron chi connectivity index (χ3n) is 3.27. The average Bonchev–Trinajstić information content (AvgIpc) is 2.65. The number of hydrogen-bond acceptors (Lipinski definition) is 8. The van der Waals surface area contributed by atoms with Gasteiger partial charge in [-0.05, 0) is 6.92 Å². The molecule has 26 heavy (non-hydrogen) atoms. The molecule has 0 aliphatic rings. The summed E-state index contributed by atoms with van der Waals surface area (Å²) < 4.78 is 20.5. The zero-order valence-electron chi connectivity index (χ0n) is 14.9. The van der Waals surface area contributed by atoms with Gasteiger partial charge in [0.1, 0.15) is 0 Å². The number of esters is 1. The lowest BCUT2D eigenvalue weighted by atomic mass is 10.2. The molecular formula is C17H19N3O6. The minimum absolute atomic E-state index is 0.0242. The standard InChI is InChI=1S/C17H19N3O6/c1-10-7-19-12(8-18-10)17(22)26-9-15(21)20-11-5-13(23-2)16(25-4)14(6-11)24-3/h5-8H,9H2,1-4H3,(H,20,21). The molecule has 0 unspecified atom stereocenters. The van der Waals surface area contributed by atoms with Crippen LogP contribution in [0.3, 0.4) is 0 Å². The van der Waals surface area contributed by atoms with Gasteiger partial charge >= 0.3 is 5.97 Å².